The molecule has 0 fully saturated rings. The minimum absolute atomic E-state index is 0.538. The summed E-state index contributed by atoms with van der Waals surface area (Å²) in [6.45, 7) is 2.61. The van der Waals surface area contributed by atoms with Gasteiger partial charge in [0, 0.05) is 13.0 Å². The van der Waals surface area contributed by atoms with Crippen molar-refractivity contribution in [1.29, 1.82) is 0 Å². The summed E-state index contributed by atoms with van der Waals surface area (Å²) in [5.41, 5.74) is 5.27. The van der Waals surface area contributed by atoms with Crippen molar-refractivity contribution >= 4 is 0 Å². The van der Waals surface area contributed by atoms with Crippen LogP contribution in [0.15, 0.2) is 24.3 Å². The van der Waals surface area contributed by atoms with Crippen molar-refractivity contribution in [2.75, 3.05) is 6.61 Å². The van der Waals surface area contributed by atoms with Crippen molar-refractivity contribution in [3.8, 4) is 0 Å². The van der Waals surface area contributed by atoms with Gasteiger partial charge in [-0.15, -0.1) is 0 Å². The summed E-state index contributed by atoms with van der Waals surface area (Å²) in [6.07, 6.45) is 8.56. The molecule has 0 spiro atoms. The second kappa shape index (κ2) is 2.99. The van der Waals surface area contributed by atoms with Gasteiger partial charge in [0.05, 0.1) is 0 Å². The van der Waals surface area contributed by atoms with Gasteiger partial charge in [0.1, 0.15) is 5.72 Å². The Morgan fingerprint density at radius 3 is 2.90 bits per heavy atom. The summed E-state index contributed by atoms with van der Waals surface area (Å²) in [7, 11) is 0. The predicted octanol–water partition coefficient (Wildman–Crippen LogP) is 1.19. The number of ether oxygens (including phenoxy) is 1. The highest BCUT2D eigenvalue weighted by atomic mass is 16.5. The Bertz CT molecular complexity index is 163. The number of allylic oxidation sites excluding steroid dienone is 2. The van der Waals surface area contributed by atoms with Crippen molar-refractivity contribution in [2.45, 2.75) is 19.1 Å². The average molecular weight is 139 g/mol. The molecule has 1 rings (SSSR count). The highest BCUT2D eigenvalue weighted by Crippen LogP contribution is 2.15. The molecule has 0 aromatic rings. The van der Waals surface area contributed by atoms with Gasteiger partial charge in [-0.05, 0) is 13.0 Å². The van der Waals surface area contributed by atoms with Crippen LogP contribution in [-0.2, 0) is 4.74 Å². The quantitative estimate of drug-likeness (QED) is 0.583. The van der Waals surface area contributed by atoms with Gasteiger partial charge >= 0.3 is 0 Å². The molecule has 0 bridgehead atoms. The lowest BCUT2D eigenvalue weighted by atomic mass is 10.1. The van der Waals surface area contributed by atoms with Gasteiger partial charge in [-0.1, -0.05) is 18.2 Å². The van der Waals surface area contributed by atoms with E-state index in [1.54, 1.807) is 0 Å². The van der Waals surface area contributed by atoms with Gasteiger partial charge in [-0.25, -0.2) is 0 Å². The molecule has 0 amide bonds. The number of nitrogens with two attached hydrogens (primary N) is 1. The van der Waals surface area contributed by atoms with Crippen LogP contribution >= 0.6 is 0 Å². The zero-order valence-electron chi connectivity index (χ0n) is 6.21. The minimum Gasteiger partial charge on any atom is -0.357 e. The van der Waals surface area contributed by atoms with Crippen molar-refractivity contribution in [2.24, 2.45) is 5.73 Å². The third-order valence-electron chi connectivity index (χ3n) is 1.48. The Morgan fingerprint density at radius 2 is 2.40 bits per heavy atom. The van der Waals surface area contributed by atoms with Crippen molar-refractivity contribution in [3.05, 3.63) is 24.3 Å². The van der Waals surface area contributed by atoms with E-state index in [1.807, 2.05) is 31.2 Å². The van der Waals surface area contributed by atoms with Gasteiger partial charge in [0.2, 0.25) is 0 Å². The fraction of sp³-hybridized carbons (Fsp3) is 0.500. The molecule has 10 heavy (non-hydrogen) atoms. The maximum atomic E-state index is 5.81. The summed E-state index contributed by atoms with van der Waals surface area (Å²) in [4.78, 5) is 0. The molecule has 1 aliphatic carbocycles. The lowest BCUT2D eigenvalue weighted by Gasteiger charge is -2.25. The Hall–Kier alpha value is -0.600. The van der Waals surface area contributed by atoms with Crippen LogP contribution in [0.5, 0.6) is 0 Å². The van der Waals surface area contributed by atoms with Gasteiger partial charge in [0.15, 0.2) is 0 Å². The first-order valence-corrected chi connectivity index (χ1v) is 3.54. The van der Waals surface area contributed by atoms with Crippen LogP contribution in [0.3, 0.4) is 0 Å². The van der Waals surface area contributed by atoms with Crippen LogP contribution in [0.25, 0.3) is 0 Å². The third kappa shape index (κ3) is 1.69. The highest BCUT2D eigenvalue weighted by Gasteiger charge is 2.20. The zero-order chi connectivity index (χ0) is 7.45. The van der Waals surface area contributed by atoms with Gasteiger partial charge in [-0.3, -0.25) is 5.73 Å². The lowest BCUT2D eigenvalue weighted by Crippen LogP contribution is -2.40. The molecule has 0 aromatic carbocycles. The monoisotopic (exact) mass is 139 g/mol. The van der Waals surface area contributed by atoms with Gasteiger partial charge < -0.3 is 4.74 Å². The average Bonchev–Trinajstić information content (AvgIpc) is 1.89. The normalized spacial score (nSPS) is 31.0. The smallest absolute Gasteiger partial charge is 0.139 e. The Balaban J connectivity index is 2.52. The molecular formula is C8H13NO. The summed E-state index contributed by atoms with van der Waals surface area (Å²) in [5.74, 6) is 0. The van der Waals surface area contributed by atoms with E-state index in [1.165, 1.54) is 0 Å². The first-order valence-electron chi connectivity index (χ1n) is 3.54. The molecule has 1 aliphatic rings. The van der Waals surface area contributed by atoms with Crippen LogP contribution < -0.4 is 5.73 Å². The van der Waals surface area contributed by atoms with E-state index >= 15 is 0 Å². The molecule has 2 nitrogen and oxygen atoms in total. The molecule has 56 valence electrons. The largest absolute Gasteiger partial charge is 0.357 e. The van der Waals surface area contributed by atoms with E-state index < -0.39 is 5.72 Å². The van der Waals surface area contributed by atoms with E-state index in [0.717, 1.165) is 6.42 Å². The Labute approximate surface area is 61.4 Å². The summed E-state index contributed by atoms with van der Waals surface area (Å²) in [5, 5.41) is 0. The number of hydrogen-bond acceptors (Lipinski definition) is 2. The third-order valence-corrected chi connectivity index (χ3v) is 1.48. The second-order valence-corrected chi connectivity index (χ2v) is 2.38. The molecule has 0 heterocycles. The summed E-state index contributed by atoms with van der Waals surface area (Å²) in [6, 6.07) is 0. The first kappa shape index (κ1) is 7.51. The SMILES string of the molecule is CCO[C@@]1(N)C=CC=CC1. The molecule has 0 saturated carbocycles. The molecular weight excluding hydrogens is 126 g/mol. The molecule has 0 aliphatic heterocycles. The van der Waals surface area contributed by atoms with Crippen molar-refractivity contribution in [1.82, 2.24) is 0 Å². The molecule has 2 heteroatoms. The zero-order valence-corrected chi connectivity index (χ0v) is 6.21. The molecule has 1 atom stereocenters. The molecule has 0 saturated heterocycles. The van der Waals surface area contributed by atoms with E-state index in [2.05, 4.69) is 0 Å². The molecule has 0 unspecified atom stereocenters. The lowest BCUT2D eigenvalue weighted by molar-refractivity contribution is 0.00557. The van der Waals surface area contributed by atoms with Crippen LogP contribution in [0, 0.1) is 0 Å². The minimum atomic E-state index is -0.538. The molecule has 0 radical (unpaired) electrons. The maximum Gasteiger partial charge on any atom is 0.139 e. The first-order chi connectivity index (χ1) is 4.77. The van der Waals surface area contributed by atoms with Crippen LogP contribution in [0.1, 0.15) is 13.3 Å². The molecule has 0 aromatic heterocycles. The number of rotatable bonds is 2. The summed E-state index contributed by atoms with van der Waals surface area (Å²) < 4.78 is 5.31. The fourth-order valence-corrected chi connectivity index (χ4v) is 0.993. The van der Waals surface area contributed by atoms with E-state index in [0.29, 0.717) is 6.61 Å². The Kier molecular flexibility index (Phi) is 2.25. The fourth-order valence-electron chi connectivity index (χ4n) is 0.993. The second-order valence-electron chi connectivity index (χ2n) is 2.38. The van der Waals surface area contributed by atoms with Crippen molar-refractivity contribution in [3.63, 3.8) is 0 Å². The van der Waals surface area contributed by atoms with Crippen LogP contribution in [0.4, 0.5) is 0 Å². The van der Waals surface area contributed by atoms with Gasteiger partial charge in [0.25, 0.3) is 0 Å². The van der Waals surface area contributed by atoms with E-state index in [-0.39, 0.29) is 0 Å². The summed E-state index contributed by atoms with van der Waals surface area (Å²) >= 11 is 0. The highest BCUT2D eigenvalue weighted by molar-refractivity contribution is 5.16. The van der Waals surface area contributed by atoms with E-state index in [9.17, 15) is 0 Å². The van der Waals surface area contributed by atoms with Crippen LogP contribution in [-0.4, -0.2) is 12.3 Å². The Morgan fingerprint density at radius 1 is 1.60 bits per heavy atom. The predicted molar refractivity (Wildman–Crippen MR) is 41.4 cm³/mol. The van der Waals surface area contributed by atoms with Crippen LogP contribution in [0.2, 0.25) is 0 Å². The standard InChI is InChI=1S/C8H13NO/c1-2-10-8(9)6-4-3-5-7-8/h3-6H,2,7,9H2,1H3/t8-/m0/s1. The maximum absolute atomic E-state index is 5.81. The van der Waals surface area contributed by atoms with Gasteiger partial charge in [-0.2, -0.15) is 0 Å². The number of hydrogen-bond donors (Lipinski definition) is 1. The van der Waals surface area contributed by atoms with E-state index in [4.69, 9.17) is 10.5 Å². The topological polar surface area (TPSA) is 35.2 Å². The van der Waals surface area contributed by atoms with Crippen molar-refractivity contribution < 1.29 is 4.74 Å². The molecule has 2 N–H and O–H groups in total.